The van der Waals surface area contributed by atoms with Gasteiger partial charge in [0.15, 0.2) is 0 Å². The van der Waals surface area contributed by atoms with Gasteiger partial charge < -0.3 is 15.3 Å². The van der Waals surface area contributed by atoms with Gasteiger partial charge in [-0.25, -0.2) is 0 Å². The van der Waals surface area contributed by atoms with E-state index in [-0.39, 0.29) is 17.2 Å². The van der Waals surface area contributed by atoms with Crippen molar-refractivity contribution >= 4 is 11.9 Å². The molecule has 5 nitrogen and oxygen atoms in total. The van der Waals surface area contributed by atoms with Crippen molar-refractivity contribution in [1.29, 1.82) is 0 Å². The molecule has 1 amide bonds. The number of likely N-dealkylation sites (tertiary alicyclic amines) is 1. The molecule has 1 atom stereocenters. The van der Waals surface area contributed by atoms with Crippen LogP contribution in [0.3, 0.4) is 0 Å². The monoisotopic (exact) mass is 240 g/mol. The summed E-state index contributed by atoms with van der Waals surface area (Å²) in [5.41, 5.74) is -0.293. The lowest BCUT2D eigenvalue weighted by Crippen LogP contribution is -2.47. The molecule has 0 spiro atoms. The minimum atomic E-state index is -0.782. The number of amides is 1. The molecule has 5 heteroatoms. The molecule has 2 saturated heterocycles. The maximum atomic E-state index is 12.4. The third-order valence-electron chi connectivity index (χ3n) is 4.05. The van der Waals surface area contributed by atoms with Crippen LogP contribution < -0.4 is 5.32 Å². The molecule has 2 heterocycles. The fourth-order valence-electron chi connectivity index (χ4n) is 2.72. The molecular weight excluding hydrogens is 220 g/mol. The first-order valence-electron chi connectivity index (χ1n) is 6.26. The van der Waals surface area contributed by atoms with E-state index in [1.54, 1.807) is 4.90 Å². The Morgan fingerprint density at radius 2 is 2.00 bits per heavy atom. The molecular formula is C12H20N2O3. The molecule has 0 saturated carbocycles. The Morgan fingerprint density at radius 3 is 2.53 bits per heavy atom. The Bertz CT molecular complexity index is 324. The van der Waals surface area contributed by atoms with Gasteiger partial charge in [0.05, 0.1) is 5.92 Å². The molecule has 0 aromatic heterocycles. The second-order valence-corrected chi connectivity index (χ2v) is 5.39. The highest BCUT2D eigenvalue weighted by Gasteiger charge is 2.41. The number of hydrogen-bond donors (Lipinski definition) is 2. The predicted octanol–water partition coefficient (Wildman–Crippen LogP) is 0.309. The highest BCUT2D eigenvalue weighted by molar-refractivity contribution is 5.83. The fraction of sp³-hybridized carbons (Fsp3) is 0.833. The molecule has 96 valence electrons. The van der Waals surface area contributed by atoms with E-state index in [4.69, 9.17) is 5.11 Å². The number of piperidine rings is 1. The van der Waals surface area contributed by atoms with Gasteiger partial charge in [0.25, 0.3) is 0 Å². The van der Waals surface area contributed by atoms with Gasteiger partial charge in [-0.1, -0.05) is 6.92 Å². The van der Waals surface area contributed by atoms with Crippen LogP contribution in [0.2, 0.25) is 0 Å². The summed E-state index contributed by atoms with van der Waals surface area (Å²) in [4.78, 5) is 25.0. The smallest absolute Gasteiger partial charge is 0.308 e. The Balaban J connectivity index is 1.98. The molecule has 0 bridgehead atoms. The second kappa shape index (κ2) is 4.64. The second-order valence-electron chi connectivity index (χ2n) is 5.39. The number of carbonyl (C=O) groups excluding carboxylic acids is 1. The quantitative estimate of drug-likeness (QED) is 0.729. The standard InChI is InChI=1S/C12H20N2O3/c1-12(3-5-13-6-4-12)11(17)14-7-2-9(8-14)10(15)16/h9,13H,2-8H2,1H3,(H,15,16). The SMILES string of the molecule is CC1(C(=O)N2CCC(C(=O)O)C2)CCNCC1. The van der Waals surface area contributed by atoms with Gasteiger partial charge >= 0.3 is 5.97 Å². The summed E-state index contributed by atoms with van der Waals surface area (Å²) in [6.07, 6.45) is 2.29. The summed E-state index contributed by atoms with van der Waals surface area (Å²) >= 11 is 0. The van der Waals surface area contributed by atoms with E-state index < -0.39 is 5.97 Å². The summed E-state index contributed by atoms with van der Waals surface area (Å²) in [6.45, 7) is 4.73. The molecule has 2 rings (SSSR count). The van der Waals surface area contributed by atoms with Crippen LogP contribution in [0.5, 0.6) is 0 Å². The van der Waals surface area contributed by atoms with E-state index in [1.165, 1.54) is 0 Å². The summed E-state index contributed by atoms with van der Waals surface area (Å²) in [5, 5.41) is 12.2. The van der Waals surface area contributed by atoms with Gasteiger partial charge in [0.2, 0.25) is 5.91 Å². The maximum Gasteiger partial charge on any atom is 0.308 e. The third-order valence-corrected chi connectivity index (χ3v) is 4.05. The zero-order valence-corrected chi connectivity index (χ0v) is 10.2. The van der Waals surface area contributed by atoms with E-state index in [9.17, 15) is 9.59 Å². The van der Waals surface area contributed by atoms with Crippen LogP contribution in [-0.2, 0) is 9.59 Å². The van der Waals surface area contributed by atoms with Gasteiger partial charge in [0.1, 0.15) is 0 Å². The van der Waals surface area contributed by atoms with Crippen molar-refractivity contribution in [2.24, 2.45) is 11.3 Å². The molecule has 2 N–H and O–H groups in total. The highest BCUT2D eigenvalue weighted by Crippen LogP contribution is 2.32. The Morgan fingerprint density at radius 1 is 1.35 bits per heavy atom. The lowest BCUT2D eigenvalue weighted by Gasteiger charge is -2.35. The van der Waals surface area contributed by atoms with E-state index in [0.717, 1.165) is 25.9 Å². The summed E-state index contributed by atoms with van der Waals surface area (Å²) in [6, 6.07) is 0. The van der Waals surface area contributed by atoms with Gasteiger partial charge in [-0.05, 0) is 32.4 Å². The van der Waals surface area contributed by atoms with Gasteiger partial charge in [-0.2, -0.15) is 0 Å². The van der Waals surface area contributed by atoms with Crippen molar-refractivity contribution < 1.29 is 14.7 Å². The van der Waals surface area contributed by atoms with Crippen LogP contribution in [0.1, 0.15) is 26.2 Å². The van der Waals surface area contributed by atoms with Crippen molar-refractivity contribution in [2.75, 3.05) is 26.2 Å². The zero-order valence-electron chi connectivity index (χ0n) is 10.2. The number of carboxylic acid groups (broad SMARTS) is 1. The predicted molar refractivity (Wildman–Crippen MR) is 62.5 cm³/mol. The molecule has 2 aliphatic rings. The molecule has 2 aliphatic heterocycles. The molecule has 2 fully saturated rings. The van der Waals surface area contributed by atoms with Gasteiger partial charge in [0, 0.05) is 18.5 Å². The summed E-state index contributed by atoms with van der Waals surface area (Å²) in [7, 11) is 0. The van der Waals surface area contributed by atoms with E-state index in [2.05, 4.69) is 5.32 Å². The topological polar surface area (TPSA) is 69.6 Å². The van der Waals surface area contributed by atoms with E-state index in [0.29, 0.717) is 19.5 Å². The average molecular weight is 240 g/mol. The molecule has 17 heavy (non-hydrogen) atoms. The van der Waals surface area contributed by atoms with Crippen molar-refractivity contribution in [2.45, 2.75) is 26.2 Å². The Kier molecular flexibility index (Phi) is 3.38. The molecule has 1 unspecified atom stereocenters. The van der Waals surface area contributed by atoms with Crippen LogP contribution in [0.25, 0.3) is 0 Å². The molecule has 0 aromatic rings. The summed E-state index contributed by atoms with van der Waals surface area (Å²) in [5.74, 6) is -1.01. The van der Waals surface area contributed by atoms with Crippen LogP contribution in [0.4, 0.5) is 0 Å². The number of nitrogens with zero attached hydrogens (tertiary/aromatic N) is 1. The minimum absolute atomic E-state index is 0.141. The first-order valence-corrected chi connectivity index (χ1v) is 6.26. The number of aliphatic carboxylic acids is 1. The van der Waals surface area contributed by atoms with Gasteiger partial charge in [-0.15, -0.1) is 0 Å². The lowest BCUT2D eigenvalue weighted by molar-refractivity contribution is -0.143. The maximum absolute atomic E-state index is 12.4. The largest absolute Gasteiger partial charge is 0.481 e. The van der Waals surface area contributed by atoms with E-state index >= 15 is 0 Å². The fourth-order valence-corrected chi connectivity index (χ4v) is 2.72. The van der Waals surface area contributed by atoms with Crippen LogP contribution in [-0.4, -0.2) is 48.1 Å². The number of carboxylic acids is 1. The van der Waals surface area contributed by atoms with Crippen LogP contribution >= 0.6 is 0 Å². The number of nitrogens with one attached hydrogen (secondary N) is 1. The first-order chi connectivity index (χ1) is 8.03. The molecule has 0 aromatic carbocycles. The van der Waals surface area contributed by atoms with Crippen molar-refractivity contribution in [3.63, 3.8) is 0 Å². The Hall–Kier alpha value is -1.10. The number of hydrogen-bond acceptors (Lipinski definition) is 3. The Labute approximate surface area is 101 Å². The molecule has 0 radical (unpaired) electrons. The molecule has 0 aliphatic carbocycles. The average Bonchev–Trinajstić information content (AvgIpc) is 2.78. The van der Waals surface area contributed by atoms with Crippen molar-refractivity contribution in [3.05, 3.63) is 0 Å². The van der Waals surface area contributed by atoms with E-state index in [1.807, 2.05) is 6.92 Å². The highest BCUT2D eigenvalue weighted by atomic mass is 16.4. The van der Waals surface area contributed by atoms with Crippen LogP contribution in [0, 0.1) is 11.3 Å². The minimum Gasteiger partial charge on any atom is -0.481 e. The third kappa shape index (κ3) is 2.44. The van der Waals surface area contributed by atoms with Crippen molar-refractivity contribution in [3.8, 4) is 0 Å². The lowest BCUT2D eigenvalue weighted by atomic mass is 9.79. The van der Waals surface area contributed by atoms with Gasteiger partial charge in [-0.3, -0.25) is 9.59 Å². The van der Waals surface area contributed by atoms with Crippen LogP contribution in [0.15, 0.2) is 0 Å². The normalized spacial score (nSPS) is 28.1. The first kappa shape index (κ1) is 12.4. The summed E-state index contributed by atoms with van der Waals surface area (Å²) < 4.78 is 0. The zero-order chi connectivity index (χ0) is 12.5. The number of rotatable bonds is 2. The van der Waals surface area contributed by atoms with Crippen molar-refractivity contribution in [1.82, 2.24) is 10.2 Å². The number of carbonyl (C=O) groups is 2.